The van der Waals surface area contributed by atoms with Crippen LogP contribution in [0.25, 0.3) is 43.9 Å². The van der Waals surface area contributed by atoms with Crippen LogP contribution >= 0.6 is 0 Å². The Labute approximate surface area is 152 Å². The van der Waals surface area contributed by atoms with Crippen molar-refractivity contribution in [2.75, 3.05) is 0 Å². The van der Waals surface area contributed by atoms with E-state index in [-0.39, 0.29) is 0 Å². The van der Waals surface area contributed by atoms with Crippen molar-refractivity contribution in [2.24, 2.45) is 0 Å². The van der Waals surface area contributed by atoms with Gasteiger partial charge in [-0.15, -0.1) is 0 Å². The van der Waals surface area contributed by atoms with Gasteiger partial charge in [0.05, 0.1) is 5.69 Å². The number of pyridine rings is 1. The minimum absolute atomic E-state index is 1.00. The molecule has 0 unspecified atom stereocenters. The first kappa shape index (κ1) is 14.9. The summed E-state index contributed by atoms with van der Waals surface area (Å²) >= 11 is 0. The Kier molecular flexibility index (Phi) is 3.50. The monoisotopic (exact) mass is 331 g/mol. The number of nitrogens with zero attached hydrogens (tertiary/aromatic N) is 1. The molecule has 5 aromatic rings. The Bertz CT molecular complexity index is 1220. The van der Waals surface area contributed by atoms with Gasteiger partial charge in [0.2, 0.25) is 0 Å². The number of benzene rings is 4. The van der Waals surface area contributed by atoms with E-state index in [1.165, 1.54) is 32.7 Å². The predicted octanol–water partition coefficient (Wildman–Crippen LogP) is 6.72. The molecular weight excluding hydrogens is 314 g/mol. The summed E-state index contributed by atoms with van der Waals surface area (Å²) in [4.78, 5) is 4.62. The average Bonchev–Trinajstić information content (AvgIpc) is 2.74. The summed E-state index contributed by atoms with van der Waals surface area (Å²) < 4.78 is 0. The molecule has 0 spiro atoms. The largest absolute Gasteiger partial charge is 0.256 e. The summed E-state index contributed by atoms with van der Waals surface area (Å²) in [5, 5.41) is 5.08. The Balaban J connectivity index is 1.69. The molecule has 1 heteroatoms. The third-order valence-corrected chi connectivity index (χ3v) is 4.91. The van der Waals surface area contributed by atoms with Crippen molar-refractivity contribution in [3.63, 3.8) is 0 Å². The Hall–Kier alpha value is -3.45. The van der Waals surface area contributed by atoms with Crippen LogP contribution in [0.4, 0.5) is 0 Å². The standard InChI is InChI=1S/C25H17N/c1-2-6-18(7-3-1)21-14-15-26-25(17-21)22-13-12-20-11-10-19-8-4-5-9-23(19)24(20)16-22/h1-17H. The molecule has 0 atom stereocenters. The van der Waals surface area contributed by atoms with Crippen molar-refractivity contribution >= 4 is 21.5 Å². The number of fused-ring (bicyclic) bond motifs is 3. The van der Waals surface area contributed by atoms with E-state index in [0.717, 1.165) is 11.3 Å². The predicted molar refractivity (Wildman–Crippen MR) is 110 cm³/mol. The van der Waals surface area contributed by atoms with Gasteiger partial charge >= 0.3 is 0 Å². The van der Waals surface area contributed by atoms with E-state index in [1.54, 1.807) is 0 Å². The topological polar surface area (TPSA) is 12.9 Å². The Morgan fingerprint density at radius 3 is 2.08 bits per heavy atom. The van der Waals surface area contributed by atoms with E-state index >= 15 is 0 Å². The maximum Gasteiger partial charge on any atom is 0.0708 e. The molecule has 0 N–H and O–H groups in total. The van der Waals surface area contributed by atoms with Crippen molar-refractivity contribution in [2.45, 2.75) is 0 Å². The molecular formula is C25H17N. The van der Waals surface area contributed by atoms with Gasteiger partial charge < -0.3 is 0 Å². The van der Waals surface area contributed by atoms with Crippen molar-refractivity contribution in [1.29, 1.82) is 0 Å². The van der Waals surface area contributed by atoms with Gasteiger partial charge in [0.15, 0.2) is 0 Å². The van der Waals surface area contributed by atoms with Gasteiger partial charge in [-0.2, -0.15) is 0 Å². The van der Waals surface area contributed by atoms with Gasteiger partial charge in [0.1, 0.15) is 0 Å². The van der Waals surface area contributed by atoms with Crippen LogP contribution in [-0.2, 0) is 0 Å². The molecule has 5 rings (SSSR count). The highest BCUT2D eigenvalue weighted by atomic mass is 14.7. The summed E-state index contributed by atoms with van der Waals surface area (Å²) in [6.45, 7) is 0. The number of hydrogen-bond donors (Lipinski definition) is 0. The molecule has 0 bridgehead atoms. The fraction of sp³-hybridized carbons (Fsp3) is 0. The van der Waals surface area contributed by atoms with Crippen LogP contribution in [0.3, 0.4) is 0 Å². The highest BCUT2D eigenvalue weighted by molar-refractivity contribution is 6.08. The van der Waals surface area contributed by atoms with Gasteiger partial charge in [-0.05, 0) is 50.9 Å². The summed E-state index contributed by atoms with van der Waals surface area (Å²) in [6.07, 6.45) is 1.89. The van der Waals surface area contributed by atoms with Gasteiger partial charge in [0, 0.05) is 11.8 Å². The Morgan fingerprint density at radius 1 is 0.462 bits per heavy atom. The summed E-state index contributed by atoms with van der Waals surface area (Å²) in [7, 11) is 0. The van der Waals surface area contributed by atoms with Crippen LogP contribution in [0, 0.1) is 0 Å². The second kappa shape index (κ2) is 6.12. The van der Waals surface area contributed by atoms with E-state index in [0.29, 0.717) is 0 Å². The molecule has 0 saturated heterocycles. The van der Waals surface area contributed by atoms with E-state index in [9.17, 15) is 0 Å². The zero-order valence-electron chi connectivity index (χ0n) is 14.3. The number of hydrogen-bond acceptors (Lipinski definition) is 1. The summed E-state index contributed by atoms with van der Waals surface area (Å²) in [5.74, 6) is 0. The number of aromatic nitrogens is 1. The van der Waals surface area contributed by atoms with Gasteiger partial charge in [-0.3, -0.25) is 4.98 Å². The lowest BCUT2D eigenvalue weighted by molar-refractivity contribution is 1.33. The maximum atomic E-state index is 4.62. The lowest BCUT2D eigenvalue weighted by Crippen LogP contribution is -1.86. The van der Waals surface area contributed by atoms with E-state index in [2.05, 4.69) is 96.0 Å². The van der Waals surface area contributed by atoms with Gasteiger partial charge in [-0.1, -0.05) is 78.9 Å². The lowest BCUT2D eigenvalue weighted by atomic mass is 9.98. The highest BCUT2D eigenvalue weighted by Crippen LogP contribution is 2.30. The maximum absolute atomic E-state index is 4.62. The molecule has 1 aromatic heterocycles. The third-order valence-electron chi connectivity index (χ3n) is 4.91. The molecule has 0 fully saturated rings. The second-order valence-corrected chi connectivity index (χ2v) is 6.52. The van der Waals surface area contributed by atoms with E-state index < -0.39 is 0 Å². The normalized spacial score (nSPS) is 11.1. The minimum Gasteiger partial charge on any atom is -0.256 e. The first-order chi connectivity index (χ1) is 12.9. The third kappa shape index (κ3) is 2.55. The zero-order valence-corrected chi connectivity index (χ0v) is 14.3. The van der Waals surface area contributed by atoms with Crippen LogP contribution in [0.15, 0.2) is 103 Å². The van der Waals surface area contributed by atoms with Crippen molar-refractivity contribution in [1.82, 2.24) is 4.98 Å². The highest BCUT2D eigenvalue weighted by Gasteiger charge is 2.06. The molecule has 1 nitrogen and oxygen atoms in total. The fourth-order valence-corrected chi connectivity index (χ4v) is 3.56. The molecule has 0 saturated carbocycles. The van der Waals surface area contributed by atoms with Crippen LogP contribution in [0.5, 0.6) is 0 Å². The molecule has 0 aliphatic carbocycles. The van der Waals surface area contributed by atoms with Crippen molar-refractivity contribution < 1.29 is 0 Å². The van der Waals surface area contributed by atoms with Crippen LogP contribution < -0.4 is 0 Å². The average molecular weight is 331 g/mol. The van der Waals surface area contributed by atoms with Gasteiger partial charge in [-0.25, -0.2) is 0 Å². The number of rotatable bonds is 2. The fourth-order valence-electron chi connectivity index (χ4n) is 3.56. The van der Waals surface area contributed by atoms with Crippen molar-refractivity contribution in [3.05, 3.63) is 103 Å². The molecule has 0 aliphatic heterocycles. The first-order valence-electron chi connectivity index (χ1n) is 8.82. The van der Waals surface area contributed by atoms with Crippen LogP contribution in [0.1, 0.15) is 0 Å². The lowest BCUT2D eigenvalue weighted by Gasteiger charge is -2.08. The molecule has 4 aromatic carbocycles. The molecule has 0 radical (unpaired) electrons. The summed E-state index contributed by atoms with van der Waals surface area (Å²) in [6, 6.07) is 34.2. The van der Waals surface area contributed by atoms with E-state index in [1.807, 2.05) is 12.3 Å². The quantitative estimate of drug-likeness (QED) is 0.327. The smallest absolute Gasteiger partial charge is 0.0708 e. The Morgan fingerprint density at radius 2 is 1.19 bits per heavy atom. The minimum atomic E-state index is 1.00. The van der Waals surface area contributed by atoms with Crippen LogP contribution in [-0.4, -0.2) is 4.98 Å². The molecule has 26 heavy (non-hydrogen) atoms. The molecule has 0 aliphatic rings. The van der Waals surface area contributed by atoms with Gasteiger partial charge in [0.25, 0.3) is 0 Å². The molecule has 1 heterocycles. The molecule has 0 amide bonds. The second-order valence-electron chi connectivity index (χ2n) is 6.52. The zero-order chi connectivity index (χ0) is 17.3. The van der Waals surface area contributed by atoms with Crippen LogP contribution in [0.2, 0.25) is 0 Å². The summed E-state index contributed by atoms with van der Waals surface area (Å²) in [5.41, 5.74) is 4.55. The van der Waals surface area contributed by atoms with Crippen molar-refractivity contribution in [3.8, 4) is 22.4 Å². The van der Waals surface area contributed by atoms with E-state index in [4.69, 9.17) is 0 Å². The SMILES string of the molecule is c1ccc(-c2ccnc(-c3ccc4ccc5ccccc5c4c3)c2)cc1. The molecule has 122 valence electrons. The first-order valence-corrected chi connectivity index (χ1v) is 8.82.